The van der Waals surface area contributed by atoms with Gasteiger partial charge in [-0.05, 0) is 18.2 Å². The van der Waals surface area contributed by atoms with Crippen LogP contribution < -0.4 is 4.72 Å². The number of halogens is 1. The van der Waals surface area contributed by atoms with Gasteiger partial charge in [0.1, 0.15) is 4.90 Å². The summed E-state index contributed by atoms with van der Waals surface area (Å²) in [5, 5.41) is 17.2. The highest BCUT2D eigenvalue weighted by molar-refractivity contribution is 7.89. The fourth-order valence-electron chi connectivity index (χ4n) is 1.19. The first-order valence-electron chi connectivity index (χ1n) is 5.20. The van der Waals surface area contributed by atoms with E-state index < -0.39 is 21.9 Å². The van der Waals surface area contributed by atoms with Crippen LogP contribution in [0.25, 0.3) is 0 Å². The van der Waals surface area contributed by atoms with Crippen LogP contribution in [0.4, 0.5) is 0 Å². The first-order valence-corrected chi connectivity index (χ1v) is 7.06. The van der Waals surface area contributed by atoms with E-state index in [1.54, 1.807) is 0 Å². The molecule has 0 fully saturated rings. The zero-order valence-electron chi connectivity index (χ0n) is 9.92. The number of benzene rings is 1. The first kappa shape index (κ1) is 15.4. The molecule has 0 aliphatic heterocycles. The van der Waals surface area contributed by atoms with Crippen molar-refractivity contribution in [2.45, 2.75) is 11.8 Å². The molecule has 0 spiro atoms. The lowest BCUT2D eigenvalue weighted by Crippen LogP contribution is -2.31. The standard InChI is InChI=1S/C11H11ClN2O4S/c1-7(11(15)16)6-14-19(17,18)10-3-2-8(5-13)4-9(10)12/h2-4,7,14H,6H2,1H3,(H,15,16). The molecule has 1 unspecified atom stereocenters. The van der Waals surface area contributed by atoms with Crippen molar-refractivity contribution in [1.82, 2.24) is 4.72 Å². The van der Waals surface area contributed by atoms with Gasteiger partial charge in [-0.1, -0.05) is 18.5 Å². The Morgan fingerprint density at radius 1 is 1.58 bits per heavy atom. The van der Waals surface area contributed by atoms with Gasteiger partial charge in [0, 0.05) is 6.54 Å². The van der Waals surface area contributed by atoms with E-state index in [-0.39, 0.29) is 22.0 Å². The summed E-state index contributed by atoms with van der Waals surface area (Å²) in [5.74, 6) is -1.96. The fraction of sp³-hybridized carbons (Fsp3) is 0.273. The normalized spacial score (nSPS) is 12.7. The second kappa shape index (κ2) is 6.02. The second-order valence-corrected chi connectivity index (χ2v) is 5.99. The molecule has 19 heavy (non-hydrogen) atoms. The van der Waals surface area contributed by atoms with Gasteiger partial charge in [0.25, 0.3) is 0 Å². The summed E-state index contributed by atoms with van der Waals surface area (Å²) >= 11 is 5.78. The summed E-state index contributed by atoms with van der Waals surface area (Å²) in [5.41, 5.74) is 0.239. The maximum Gasteiger partial charge on any atom is 0.307 e. The number of nitrogens with zero attached hydrogens (tertiary/aromatic N) is 1. The number of carboxylic acid groups (broad SMARTS) is 1. The Morgan fingerprint density at radius 2 is 2.21 bits per heavy atom. The van der Waals surface area contributed by atoms with E-state index >= 15 is 0 Å². The molecule has 1 rings (SSSR count). The molecule has 8 heteroatoms. The van der Waals surface area contributed by atoms with Crippen LogP contribution in [0.5, 0.6) is 0 Å². The lowest BCUT2D eigenvalue weighted by Gasteiger charge is -2.10. The van der Waals surface area contributed by atoms with Crippen LogP contribution in [-0.2, 0) is 14.8 Å². The van der Waals surface area contributed by atoms with E-state index in [1.807, 2.05) is 6.07 Å². The van der Waals surface area contributed by atoms with Crippen molar-refractivity contribution in [3.63, 3.8) is 0 Å². The van der Waals surface area contributed by atoms with E-state index in [0.717, 1.165) is 0 Å². The second-order valence-electron chi connectivity index (χ2n) is 3.85. The highest BCUT2D eigenvalue weighted by Gasteiger charge is 2.20. The molecule has 102 valence electrons. The van der Waals surface area contributed by atoms with Gasteiger partial charge in [0.2, 0.25) is 10.0 Å². The van der Waals surface area contributed by atoms with Crippen molar-refractivity contribution in [2.24, 2.45) is 5.92 Å². The minimum atomic E-state index is -3.90. The molecule has 2 N–H and O–H groups in total. The SMILES string of the molecule is CC(CNS(=O)(=O)c1ccc(C#N)cc1Cl)C(=O)O. The van der Waals surface area contributed by atoms with Crippen LogP contribution >= 0.6 is 11.6 Å². The lowest BCUT2D eigenvalue weighted by molar-refractivity contribution is -0.140. The Morgan fingerprint density at radius 3 is 2.68 bits per heavy atom. The van der Waals surface area contributed by atoms with Crippen molar-refractivity contribution in [1.29, 1.82) is 5.26 Å². The number of aliphatic carboxylic acids is 1. The summed E-state index contributed by atoms with van der Waals surface area (Å²) in [4.78, 5) is 10.4. The van der Waals surface area contributed by atoms with Crippen LogP contribution in [0.3, 0.4) is 0 Å². The molecule has 0 saturated heterocycles. The average molecular weight is 303 g/mol. The molecule has 0 aromatic heterocycles. The third kappa shape index (κ3) is 3.92. The van der Waals surface area contributed by atoms with E-state index in [4.69, 9.17) is 22.0 Å². The highest BCUT2D eigenvalue weighted by Crippen LogP contribution is 2.22. The molecule has 1 aromatic rings. The Hall–Kier alpha value is -1.62. The molecule has 0 aliphatic carbocycles. The predicted molar refractivity (Wildman–Crippen MR) is 68.2 cm³/mol. The Bertz CT molecular complexity index is 637. The molecule has 0 bridgehead atoms. The van der Waals surface area contributed by atoms with E-state index in [1.165, 1.54) is 25.1 Å². The number of hydrogen-bond acceptors (Lipinski definition) is 4. The molecule has 1 atom stereocenters. The third-order valence-corrected chi connectivity index (χ3v) is 4.26. The van der Waals surface area contributed by atoms with Crippen LogP contribution in [0.2, 0.25) is 5.02 Å². The van der Waals surface area contributed by atoms with E-state index in [9.17, 15) is 13.2 Å². The largest absolute Gasteiger partial charge is 0.481 e. The van der Waals surface area contributed by atoms with Gasteiger partial charge in [0.15, 0.2) is 0 Å². The molecular weight excluding hydrogens is 292 g/mol. The minimum Gasteiger partial charge on any atom is -0.481 e. The number of carboxylic acids is 1. The van der Waals surface area contributed by atoms with Gasteiger partial charge in [-0.3, -0.25) is 4.79 Å². The molecule has 0 amide bonds. The molecule has 0 saturated carbocycles. The summed E-state index contributed by atoms with van der Waals surface area (Å²) in [6.07, 6.45) is 0. The van der Waals surface area contributed by atoms with Gasteiger partial charge < -0.3 is 5.11 Å². The molecule has 1 aromatic carbocycles. The van der Waals surface area contributed by atoms with Crippen LogP contribution in [0, 0.1) is 17.2 Å². The monoisotopic (exact) mass is 302 g/mol. The molecule has 0 aliphatic rings. The smallest absolute Gasteiger partial charge is 0.307 e. The summed E-state index contributed by atoms with van der Waals surface area (Å²) in [7, 11) is -3.90. The summed E-state index contributed by atoms with van der Waals surface area (Å²) in [6.45, 7) is 1.14. The van der Waals surface area contributed by atoms with Crippen LogP contribution in [0.1, 0.15) is 12.5 Å². The lowest BCUT2D eigenvalue weighted by atomic mass is 10.2. The topological polar surface area (TPSA) is 107 Å². The fourth-order valence-corrected chi connectivity index (χ4v) is 2.86. The van der Waals surface area contributed by atoms with Crippen molar-refractivity contribution >= 4 is 27.6 Å². The van der Waals surface area contributed by atoms with Crippen molar-refractivity contribution in [3.8, 4) is 6.07 Å². The van der Waals surface area contributed by atoms with Gasteiger partial charge in [-0.2, -0.15) is 5.26 Å². The quantitative estimate of drug-likeness (QED) is 0.850. The number of rotatable bonds is 5. The van der Waals surface area contributed by atoms with Gasteiger partial charge in [0.05, 0.1) is 22.6 Å². The Kier molecular flexibility index (Phi) is 4.89. The zero-order chi connectivity index (χ0) is 14.6. The Balaban J connectivity index is 2.96. The summed E-state index contributed by atoms with van der Waals surface area (Å²) < 4.78 is 26.0. The van der Waals surface area contributed by atoms with Gasteiger partial charge in [-0.15, -0.1) is 0 Å². The van der Waals surface area contributed by atoms with Crippen LogP contribution in [-0.4, -0.2) is 26.0 Å². The molecular formula is C11H11ClN2O4S. The molecule has 0 radical (unpaired) electrons. The number of nitriles is 1. The number of carbonyl (C=O) groups is 1. The molecule has 6 nitrogen and oxygen atoms in total. The maximum absolute atomic E-state index is 11.9. The third-order valence-electron chi connectivity index (χ3n) is 2.35. The Labute approximate surface area is 115 Å². The maximum atomic E-state index is 11.9. The average Bonchev–Trinajstić information content (AvgIpc) is 2.35. The molecule has 0 heterocycles. The highest BCUT2D eigenvalue weighted by atomic mass is 35.5. The van der Waals surface area contributed by atoms with Gasteiger partial charge in [-0.25, -0.2) is 13.1 Å². The van der Waals surface area contributed by atoms with Crippen molar-refractivity contribution in [3.05, 3.63) is 28.8 Å². The first-order chi connectivity index (χ1) is 8.77. The summed E-state index contributed by atoms with van der Waals surface area (Å²) in [6, 6.07) is 5.59. The van der Waals surface area contributed by atoms with Crippen LogP contribution in [0.15, 0.2) is 23.1 Å². The predicted octanol–water partition coefficient (Wildman–Crippen LogP) is 1.21. The number of sulfonamides is 1. The number of nitrogens with one attached hydrogen (secondary N) is 1. The zero-order valence-corrected chi connectivity index (χ0v) is 11.5. The van der Waals surface area contributed by atoms with Gasteiger partial charge >= 0.3 is 5.97 Å². The van der Waals surface area contributed by atoms with Crippen molar-refractivity contribution in [2.75, 3.05) is 6.54 Å². The minimum absolute atomic E-state index is 0.0884. The van der Waals surface area contributed by atoms with E-state index in [0.29, 0.717) is 0 Å². The number of hydrogen-bond donors (Lipinski definition) is 2. The van der Waals surface area contributed by atoms with E-state index in [2.05, 4.69) is 4.72 Å². The van der Waals surface area contributed by atoms with Crippen molar-refractivity contribution < 1.29 is 18.3 Å².